The second kappa shape index (κ2) is 10.6. The molecule has 2 aromatic rings. The molecule has 3 rings (SSSR count). The van der Waals surface area contributed by atoms with Crippen molar-refractivity contribution in [3.05, 3.63) is 30.3 Å². The Kier molecular flexibility index (Phi) is 7.80. The quantitative estimate of drug-likeness (QED) is 0.513. The monoisotopic (exact) mass is 479 g/mol. The summed E-state index contributed by atoms with van der Waals surface area (Å²) in [5, 5.41) is 5.79. The maximum atomic E-state index is 12.7. The van der Waals surface area contributed by atoms with Crippen LogP contribution < -0.4 is 24.8 Å². The molecule has 0 radical (unpaired) electrons. The van der Waals surface area contributed by atoms with Gasteiger partial charge < -0.3 is 20.1 Å². The summed E-state index contributed by atoms with van der Waals surface area (Å²) in [6.07, 6.45) is 5.01. The highest BCUT2D eigenvalue weighted by Crippen LogP contribution is 2.24. The number of thiocarbonyl (C=S) groups is 1. The summed E-state index contributed by atoms with van der Waals surface area (Å²) in [4.78, 5) is 20.2. The van der Waals surface area contributed by atoms with E-state index in [9.17, 15) is 13.2 Å². The minimum absolute atomic E-state index is 0.00232. The van der Waals surface area contributed by atoms with Gasteiger partial charge in [0, 0.05) is 17.7 Å². The zero-order valence-electron chi connectivity index (χ0n) is 17.8. The summed E-state index contributed by atoms with van der Waals surface area (Å²) in [5.41, 5.74) is 0.545. The van der Waals surface area contributed by atoms with Crippen molar-refractivity contribution in [2.45, 2.75) is 37.0 Å². The fraction of sp³-hybridized carbons (Fsp3) is 0.400. The fourth-order valence-corrected chi connectivity index (χ4v) is 4.52. The van der Waals surface area contributed by atoms with Gasteiger partial charge in [-0.2, -0.15) is 9.97 Å². The van der Waals surface area contributed by atoms with Crippen LogP contribution in [-0.4, -0.2) is 43.6 Å². The molecule has 1 heterocycles. The summed E-state index contributed by atoms with van der Waals surface area (Å²) >= 11 is 5.21. The van der Waals surface area contributed by atoms with E-state index in [-0.39, 0.29) is 39.5 Å². The molecular weight excluding hydrogens is 454 g/mol. The minimum Gasteiger partial charge on any atom is -0.481 e. The maximum absolute atomic E-state index is 12.7. The average molecular weight is 480 g/mol. The van der Waals surface area contributed by atoms with Crippen LogP contribution in [0.15, 0.2) is 35.2 Å². The molecule has 1 aromatic carbocycles. The third-order valence-corrected chi connectivity index (χ3v) is 6.52. The van der Waals surface area contributed by atoms with Crippen molar-refractivity contribution in [1.82, 2.24) is 15.3 Å². The lowest BCUT2D eigenvalue weighted by molar-refractivity contribution is -0.124. The van der Waals surface area contributed by atoms with Crippen LogP contribution in [0.2, 0.25) is 0 Å². The molecule has 0 spiro atoms. The zero-order valence-corrected chi connectivity index (χ0v) is 19.4. The molecule has 1 aliphatic rings. The van der Waals surface area contributed by atoms with Gasteiger partial charge in [0.1, 0.15) is 0 Å². The molecule has 0 saturated heterocycles. The van der Waals surface area contributed by atoms with Crippen molar-refractivity contribution in [2.24, 2.45) is 5.92 Å². The van der Waals surface area contributed by atoms with Crippen molar-refractivity contribution in [1.29, 1.82) is 0 Å². The standard InChI is InChI=1S/C20H25N5O5S2/c1-29-17-12-16(22-19(23-17)30-2)25-32(27,28)15-10-8-14(9-11-15)21-20(31)24-18(26)13-6-4-3-5-7-13/h8-13H,3-7H2,1-2H3,(H,22,23,25)(H2,21,24,26,31). The number of nitrogens with one attached hydrogen (secondary N) is 3. The van der Waals surface area contributed by atoms with Crippen molar-refractivity contribution >= 4 is 44.8 Å². The number of sulfonamides is 1. The molecule has 1 fully saturated rings. The molecule has 12 heteroatoms. The third kappa shape index (κ3) is 6.26. The van der Waals surface area contributed by atoms with Crippen LogP contribution in [0.4, 0.5) is 11.5 Å². The first-order valence-electron chi connectivity index (χ1n) is 10.0. The van der Waals surface area contributed by atoms with E-state index in [1.54, 1.807) is 12.1 Å². The highest BCUT2D eigenvalue weighted by molar-refractivity contribution is 7.92. The second-order valence-corrected chi connectivity index (χ2v) is 9.28. The van der Waals surface area contributed by atoms with E-state index in [2.05, 4.69) is 25.3 Å². The van der Waals surface area contributed by atoms with E-state index in [0.717, 1.165) is 32.1 Å². The Hall–Kier alpha value is -2.99. The zero-order chi connectivity index (χ0) is 23.1. The van der Waals surface area contributed by atoms with Crippen LogP contribution in [0.1, 0.15) is 32.1 Å². The van der Waals surface area contributed by atoms with E-state index in [1.165, 1.54) is 32.4 Å². The van der Waals surface area contributed by atoms with Gasteiger partial charge in [0.05, 0.1) is 19.1 Å². The summed E-state index contributed by atoms with van der Waals surface area (Å²) < 4.78 is 37.7. The minimum atomic E-state index is -3.92. The normalized spacial score (nSPS) is 14.3. The van der Waals surface area contributed by atoms with Gasteiger partial charge in [0.25, 0.3) is 10.0 Å². The van der Waals surface area contributed by atoms with Crippen LogP contribution in [0.3, 0.4) is 0 Å². The number of hydrogen-bond acceptors (Lipinski definition) is 8. The van der Waals surface area contributed by atoms with Crippen molar-refractivity contribution in [2.75, 3.05) is 24.3 Å². The van der Waals surface area contributed by atoms with Gasteiger partial charge in [0.2, 0.25) is 11.8 Å². The number of carbonyl (C=O) groups is 1. The Balaban J connectivity index is 1.63. The van der Waals surface area contributed by atoms with Gasteiger partial charge in [-0.15, -0.1) is 0 Å². The van der Waals surface area contributed by atoms with Crippen LogP contribution >= 0.6 is 12.2 Å². The number of methoxy groups -OCH3 is 2. The molecule has 0 aliphatic heterocycles. The first kappa shape index (κ1) is 23.7. The Labute approximate surface area is 192 Å². The number of ether oxygens (including phenoxy) is 2. The molecule has 0 atom stereocenters. The summed E-state index contributed by atoms with van der Waals surface area (Å²) in [5.74, 6) is 0.0582. The topological polar surface area (TPSA) is 132 Å². The van der Waals surface area contributed by atoms with Gasteiger partial charge >= 0.3 is 6.01 Å². The van der Waals surface area contributed by atoms with Gasteiger partial charge in [-0.3, -0.25) is 9.52 Å². The number of aromatic nitrogens is 2. The number of benzene rings is 1. The van der Waals surface area contributed by atoms with Crippen LogP contribution in [0.25, 0.3) is 0 Å². The Bertz CT molecular complexity index is 1050. The van der Waals surface area contributed by atoms with Crippen molar-refractivity contribution in [3.63, 3.8) is 0 Å². The second-order valence-electron chi connectivity index (χ2n) is 7.19. The number of nitrogens with zero attached hydrogens (tertiary/aromatic N) is 2. The molecule has 0 unspecified atom stereocenters. The molecule has 172 valence electrons. The van der Waals surface area contributed by atoms with E-state index in [0.29, 0.717) is 5.69 Å². The Morgan fingerprint density at radius 3 is 2.38 bits per heavy atom. The largest absolute Gasteiger partial charge is 0.481 e. The number of rotatable bonds is 7. The van der Waals surface area contributed by atoms with Crippen molar-refractivity contribution in [3.8, 4) is 11.9 Å². The van der Waals surface area contributed by atoms with E-state index < -0.39 is 10.0 Å². The summed E-state index contributed by atoms with van der Waals surface area (Å²) in [7, 11) is -1.17. The van der Waals surface area contributed by atoms with Crippen LogP contribution in [0.5, 0.6) is 11.9 Å². The highest BCUT2D eigenvalue weighted by atomic mass is 32.2. The van der Waals surface area contributed by atoms with Gasteiger partial charge in [-0.1, -0.05) is 19.3 Å². The molecule has 1 aromatic heterocycles. The number of anilines is 2. The smallest absolute Gasteiger partial charge is 0.321 e. The molecular formula is C20H25N5O5S2. The lowest BCUT2D eigenvalue weighted by Crippen LogP contribution is -2.38. The van der Waals surface area contributed by atoms with Gasteiger partial charge in [0.15, 0.2) is 10.9 Å². The lowest BCUT2D eigenvalue weighted by atomic mass is 9.89. The first-order chi connectivity index (χ1) is 15.3. The fourth-order valence-electron chi connectivity index (χ4n) is 3.31. The van der Waals surface area contributed by atoms with E-state index >= 15 is 0 Å². The molecule has 1 amide bonds. The predicted molar refractivity (Wildman–Crippen MR) is 123 cm³/mol. The summed E-state index contributed by atoms with van der Waals surface area (Å²) in [6.45, 7) is 0. The Morgan fingerprint density at radius 1 is 1.06 bits per heavy atom. The van der Waals surface area contributed by atoms with Crippen LogP contribution in [-0.2, 0) is 14.8 Å². The van der Waals surface area contributed by atoms with E-state index in [1.807, 2.05) is 0 Å². The van der Waals surface area contributed by atoms with Crippen LogP contribution in [0, 0.1) is 5.92 Å². The molecule has 0 bridgehead atoms. The van der Waals surface area contributed by atoms with Gasteiger partial charge in [-0.05, 0) is 49.3 Å². The van der Waals surface area contributed by atoms with Gasteiger partial charge in [-0.25, -0.2) is 8.42 Å². The first-order valence-corrected chi connectivity index (χ1v) is 11.9. The Morgan fingerprint density at radius 2 is 1.75 bits per heavy atom. The predicted octanol–water partition coefficient (Wildman–Crippen LogP) is 2.69. The summed E-state index contributed by atoms with van der Waals surface area (Å²) in [6, 6.07) is 7.22. The average Bonchev–Trinajstić information content (AvgIpc) is 2.79. The van der Waals surface area contributed by atoms with Crippen molar-refractivity contribution < 1.29 is 22.7 Å². The molecule has 1 aliphatic carbocycles. The molecule has 1 saturated carbocycles. The molecule has 10 nitrogen and oxygen atoms in total. The lowest BCUT2D eigenvalue weighted by Gasteiger charge is -2.21. The number of amides is 1. The highest BCUT2D eigenvalue weighted by Gasteiger charge is 2.22. The SMILES string of the molecule is COc1cc(NS(=O)(=O)c2ccc(NC(=S)NC(=O)C3CCCCC3)cc2)nc(OC)n1. The third-order valence-electron chi connectivity index (χ3n) is 4.95. The molecule has 32 heavy (non-hydrogen) atoms. The van der Waals surface area contributed by atoms with E-state index in [4.69, 9.17) is 21.7 Å². The maximum Gasteiger partial charge on any atom is 0.321 e. The number of hydrogen-bond donors (Lipinski definition) is 3. The number of carbonyl (C=O) groups excluding carboxylic acids is 1. The molecule has 3 N–H and O–H groups in total.